The molecular weight excluding hydrogens is 361 g/mol. The van der Waals surface area contributed by atoms with Gasteiger partial charge < -0.3 is 5.32 Å². The van der Waals surface area contributed by atoms with Crippen LogP contribution in [0.1, 0.15) is 37.8 Å². The summed E-state index contributed by atoms with van der Waals surface area (Å²) in [6.07, 6.45) is 7.64. The highest BCUT2D eigenvalue weighted by Gasteiger charge is 2.21. The fourth-order valence-electron chi connectivity index (χ4n) is 2.56. The van der Waals surface area contributed by atoms with Gasteiger partial charge in [0.15, 0.2) is 0 Å². The molecule has 2 heterocycles. The van der Waals surface area contributed by atoms with Crippen molar-refractivity contribution in [2.75, 3.05) is 26.2 Å². The van der Waals surface area contributed by atoms with Gasteiger partial charge in [-0.25, -0.2) is 0 Å². The Labute approximate surface area is 142 Å². The fourth-order valence-corrected chi connectivity index (χ4v) is 2.94. The Hall–Kier alpha value is 0.130. The summed E-state index contributed by atoms with van der Waals surface area (Å²) in [5, 5.41) is 3.42. The smallest absolute Gasteiger partial charge is 0.0410 e. The van der Waals surface area contributed by atoms with Crippen LogP contribution in [0.25, 0.3) is 0 Å². The first-order valence-corrected chi connectivity index (χ1v) is 7.65. The molecule has 0 radical (unpaired) electrons. The number of nitrogens with zero attached hydrogens (tertiary/aromatic N) is 2. The summed E-state index contributed by atoms with van der Waals surface area (Å²) >= 11 is 3.53. The van der Waals surface area contributed by atoms with Gasteiger partial charge in [0.2, 0.25) is 0 Å². The predicted molar refractivity (Wildman–Crippen MR) is 93.1 cm³/mol. The lowest BCUT2D eigenvalue weighted by molar-refractivity contribution is 0.163. The van der Waals surface area contributed by atoms with E-state index in [1.165, 1.54) is 24.8 Å². The molecule has 1 atom stereocenters. The van der Waals surface area contributed by atoms with Gasteiger partial charge in [0, 0.05) is 49.1 Å². The highest BCUT2D eigenvalue weighted by atomic mass is 79.9. The van der Waals surface area contributed by atoms with Crippen LogP contribution in [0.5, 0.6) is 0 Å². The van der Waals surface area contributed by atoms with E-state index < -0.39 is 0 Å². The Morgan fingerprint density at radius 1 is 1.30 bits per heavy atom. The fraction of sp³-hybridized carbons (Fsp3) is 0.643. The van der Waals surface area contributed by atoms with Crippen molar-refractivity contribution in [3.05, 3.63) is 28.5 Å². The minimum absolute atomic E-state index is 0. The first-order valence-electron chi connectivity index (χ1n) is 6.86. The SMILES string of the molecule is CCCC[C@H](c1cncc(Br)c1)N1CCNCC1.Cl.Cl. The number of rotatable bonds is 5. The molecular formula is C14H24BrCl2N3. The zero-order valence-corrected chi connectivity index (χ0v) is 15.1. The molecule has 1 aliphatic heterocycles. The number of nitrogens with one attached hydrogen (secondary N) is 1. The first-order chi connectivity index (χ1) is 8.81. The van der Waals surface area contributed by atoms with Gasteiger partial charge in [-0.1, -0.05) is 19.8 Å². The molecule has 20 heavy (non-hydrogen) atoms. The number of aromatic nitrogens is 1. The van der Waals surface area contributed by atoms with E-state index in [-0.39, 0.29) is 24.8 Å². The summed E-state index contributed by atoms with van der Waals surface area (Å²) in [5.41, 5.74) is 1.35. The average Bonchev–Trinajstić information content (AvgIpc) is 2.40. The molecule has 2 rings (SSSR count). The summed E-state index contributed by atoms with van der Waals surface area (Å²) < 4.78 is 1.08. The molecule has 1 aromatic rings. The van der Waals surface area contributed by atoms with E-state index in [1.54, 1.807) is 0 Å². The maximum Gasteiger partial charge on any atom is 0.0410 e. The van der Waals surface area contributed by atoms with E-state index in [9.17, 15) is 0 Å². The third-order valence-electron chi connectivity index (χ3n) is 3.53. The number of hydrogen-bond acceptors (Lipinski definition) is 3. The highest BCUT2D eigenvalue weighted by molar-refractivity contribution is 9.10. The molecule has 1 N–H and O–H groups in total. The largest absolute Gasteiger partial charge is 0.314 e. The van der Waals surface area contributed by atoms with Crippen LogP contribution in [0.3, 0.4) is 0 Å². The third-order valence-corrected chi connectivity index (χ3v) is 3.97. The second kappa shape index (κ2) is 10.8. The lowest BCUT2D eigenvalue weighted by atomic mass is 10.0. The van der Waals surface area contributed by atoms with Crippen LogP contribution in [0.4, 0.5) is 0 Å². The summed E-state index contributed by atoms with van der Waals surface area (Å²) in [7, 11) is 0. The average molecular weight is 385 g/mol. The van der Waals surface area contributed by atoms with Crippen LogP contribution < -0.4 is 5.32 Å². The van der Waals surface area contributed by atoms with Crippen LogP contribution >= 0.6 is 40.7 Å². The number of hydrogen-bond donors (Lipinski definition) is 1. The summed E-state index contributed by atoms with van der Waals surface area (Å²) in [6, 6.07) is 2.74. The highest BCUT2D eigenvalue weighted by Crippen LogP contribution is 2.27. The molecule has 1 saturated heterocycles. The minimum atomic E-state index is 0. The molecule has 0 aromatic carbocycles. The zero-order chi connectivity index (χ0) is 12.8. The van der Waals surface area contributed by atoms with Crippen LogP contribution in [0.2, 0.25) is 0 Å². The Kier molecular flexibility index (Phi) is 10.9. The molecule has 0 unspecified atom stereocenters. The van der Waals surface area contributed by atoms with Crippen LogP contribution in [-0.2, 0) is 0 Å². The van der Waals surface area contributed by atoms with Gasteiger partial charge in [-0.2, -0.15) is 0 Å². The standard InChI is InChI=1S/C14H22BrN3.2ClH/c1-2-3-4-14(18-7-5-16-6-8-18)12-9-13(15)11-17-10-12;;/h9-11,14,16H,2-8H2,1H3;2*1H/t14-;;/m1../s1. The van der Waals surface area contributed by atoms with Crippen molar-refractivity contribution in [1.29, 1.82) is 0 Å². The van der Waals surface area contributed by atoms with Crippen molar-refractivity contribution in [3.63, 3.8) is 0 Å². The molecule has 1 aliphatic rings. The number of pyridine rings is 1. The predicted octanol–water partition coefficient (Wildman–Crippen LogP) is 3.82. The van der Waals surface area contributed by atoms with E-state index >= 15 is 0 Å². The van der Waals surface area contributed by atoms with E-state index in [4.69, 9.17) is 0 Å². The molecule has 0 aliphatic carbocycles. The van der Waals surface area contributed by atoms with E-state index in [1.807, 2.05) is 12.4 Å². The third kappa shape index (κ3) is 5.86. The number of unbranched alkanes of at least 4 members (excludes halogenated alkanes) is 1. The van der Waals surface area contributed by atoms with Crippen molar-refractivity contribution < 1.29 is 0 Å². The van der Waals surface area contributed by atoms with Crippen molar-refractivity contribution in [2.45, 2.75) is 32.2 Å². The quantitative estimate of drug-likeness (QED) is 0.836. The van der Waals surface area contributed by atoms with Gasteiger partial charge in [-0.05, 0) is 34.0 Å². The van der Waals surface area contributed by atoms with Crippen molar-refractivity contribution in [3.8, 4) is 0 Å². The molecule has 0 spiro atoms. The maximum atomic E-state index is 4.32. The second-order valence-corrected chi connectivity index (χ2v) is 5.80. The second-order valence-electron chi connectivity index (χ2n) is 4.88. The van der Waals surface area contributed by atoms with Gasteiger partial charge in [0.1, 0.15) is 0 Å². The minimum Gasteiger partial charge on any atom is -0.314 e. The van der Waals surface area contributed by atoms with Crippen LogP contribution in [-0.4, -0.2) is 36.1 Å². The molecule has 0 amide bonds. The van der Waals surface area contributed by atoms with Crippen molar-refractivity contribution in [1.82, 2.24) is 15.2 Å². The summed E-state index contributed by atoms with van der Waals surface area (Å²) in [4.78, 5) is 6.91. The molecule has 1 aromatic heterocycles. The summed E-state index contributed by atoms with van der Waals surface area (Å²) in [5.74, 6) is 0. The van der Waals surface area contributed by atoms with Gasteiger partial charge in [0.25, 0.3) is 0 Å². The van der Waals surface area contributed by atoms with E-state index in [0.717, 1.165) is 30.7 Å². The van der Waals surface area contributed by atoms with E-state index in [2.05, 4.69) is 44.1 Å². The molecule has 0 bridgehead atoms. The first kappa shape index (κ1) is 20.1. The lowest BCUT2D eigenvalue weighted by Crippen LogP contribution is -2.45. The molecule has 116 valence electrons. The van der Waals surface area contributed by atoms with Gasteiger partial charge >= 0.3 is 0 Å². The normalized spacial score (nSPS) is 16.9. The monoisotopic (exact) mass is 383 g/mol. The van der Waals surface area contributed by atoms with Crippen LogP contribution in [0, 0.1) is 0 Å². The Balaban J connectivity index is 0.00000180. The Morgan fingerprint density at radius 3 is 2.60 bits per heavy atom. The van der Waals surface area contributed by atoms with Gasteiger partial charge in [0.05, 0.1) is 0 Å². The summed E-state index contributed by atoms with van der Waals surface area (Å²) in [6.45, 7) is 6.74. The number of piperazine rings is 1. The Bertz CT molecular complexity index is 373. The molecule has 0 saturated carbocycles. The lowest BCUT2D eigenvalue weighted by Gasteiger charge is -2.35. The zero-order valence-electron chi connectivity index (χ0n) is 11.8. The van der Waals surface area contributed by atoms with E-state index in [0.29, 0.717) is 6.04 Å². The number of halogens is 3. The maximum absolute atomic E-state index is 4.32. The topological polar surface area (TPSA) is 28.2 Å². The van der Waals surface area contributed by atoms with Crippen molar-refractivity contribution in [2.24, 2.45) is 0 Å². The Morgan fingerprint density at radius 2 is 2.00 bits per heavy atom. The van der Waals surface area contributed by atoms with Crippen LogP contribution in [0.15, 0.2) is 22.9 Å². The van der Waals surface area contributed by atoms with Gasteiger partial charge in [-0.15, -0.1) is 24.8 Å². The molecule has 1 fully saturated rings. The molecule has 6 heteroatoms. The molecule has 3 nitrogen and oxygen atoms in total. The van der Waals surface area contributed by atoms with Gasteiger partial charge in [-0.3, -0.25) is 9.88 Å². The van der Waals surface area contributed by atoms with Crippen molar-refractivity contribution >= 4 is 40.7 Å².